The Bertz CT molecular complexity index is 749. The second kappa shape index (κ2) is 8.60. The molecule has 1 aliphatic rings. The smallest absolute Gasteiger partial charge is 0.250 e. The lowest BCUT2D eigenvalue weighted by Gasteiger charge is -2.26. The lowest BCUT2D eigenvalue weighted by molar-refractivity contribution is -0.121. The molecule has 0 bridgehead atoms. The van der Waals surface area contributed by atoms with Crippen LogP contribution in [0.5, 0.6) is 0 Å². The van der Waals surface area contributed by atoms with E-state index < -0.39 is 0 Å². The van der Waals surface area contributed by atoms with Crippen molar-refractivity contribution in [2.75, 3.05) is 26.3 Å². The van der Waals surface area contributed by atoms with Gasteiger partial charge in [0.15, 0.2) is 0 Å². The summed E-state index contributed by atoms with van der Waals surface area (Å²) in [6.07, 6.45) is 1.61. The van der Waals surface area contributed by atoms with Crippen LogP contribution in [0.15, 0.2) is 53.5 Å². The minimum atomic E-state index is -0.176. The van der Waals surface area contributed by atoms with E-state index in [0.29, 0.717) is 6.54 Å². The highest BCUT2D eigenvalue weighted by Crippen LogP contribution is 2.09. The molecule has 0 unspecified atom stereocenters. The van der Waals surface area contributed by atoms with Crippen LogP contribution in [0.25, 0.3) is 0 Å². The topological polar surface area (TPSA) is 63.6 Å². The van der Waals surface area contributed by atoms with E-state index in [2.05, 4.69) is 22.3 Å². The molecule has 0 spiro atoms. The molecule has 6 heteroatoms. The molecule has 1 saturated heterocycles. The molecule has 1 aliphatic heterocycles. The van der Waals surface area contributed by atoms with Gasteiger partial charge in [0.05, 0.1) is 13.2 Å². The van der Waals surface area contributed by atoms with Crippen LogP contribution in [-0.2, 0) is 29.2 Å². The monoisotopic (exact) mass is 341 g/mol. The van der Waals surface area contributed by atoms with Crippen LogP contribution in [-0.4, -0.2) is 41.7 Å². The number of ether oxygens (including phenoxy) is 1. The number of hydrogen-bond acceptors (Lipinski definition) is 4. The highest BCUT2D eigenvalue weighted by Gasteiger charge is 2.10. The number of amides is 1. The van der Waals surface area contributed by atoms with Crippen molar-refractivity contribution in [3.8, 4) is 0 Å². The molecule has 2 heterocycles. The molecule has 2 aromatic rings. The van der Waals surface area contributed by atoms with Gasteiger partial charge in [-0.05, 0) is 17.2 Å². The maximum Gasteiger partial charge on any atom is 0.250 e. The molecule has 0 saturated carbocycles. The number of carbonyl (C=O) groups excluding carboxylic acids is 1. The predicted molar refractivity (Wildman–Crippen MR) is 95.1 cm³/mol. The van der Waals surface area contributed by atoms with Crippen LogP contribution < -0.4 is 10.9 Å². The number of rotatable bonds is 6. The van der Waals surface area contributed by atoms with Gasteiger partial charge < -0.3 is 14.6 Å². The first-order valence-corrected chi connectivity index (χ1v) is 8.51. The van der Waals surface area contributed by atoms with E-state index in [-0.39, 0.29) is 18.0 Å². The lowest BCUT2D eigenvalue weighted by atomic mass is 10.1. The number of aromatic nitrogens is 1. The van der Waals surface area contributed by atoms with Gasteiger partial charge in [-0.2, -0.15) is 0 Å². The molecule has 1 fully saturated rings. The van der Waals surface area contributed by atoms with Gasteiger partial charge in [0.2, 0.25) is 5.91 Å². The minimum absolute atomic E-state index is 0.0365. The predicted octanol–water partition coefficient (Wildman–Crippen LogP) is 0.997. The molecule has 1 aromatic heterocycles. The quantitative estimate of drug-likeness (QED) is 0.851. The van der Waals surface area contributed by atoms with Crippen molar-refractivity contribution >= 4 is 5.91 Å². The second-order valence-corrected chi connectivity index (χ2v) is 6.15. The summed E-state index contributed by atoms with van der Waals surface area (Å²) in [6.45, 7) is 4.95. The number of pyridine rings is 1. The Morgan fingerprint density at radius 1 is 1.04 bits per heavy atom. The summed E-state index contributed by atoms with van der Waals surface area (Å²) in [4.78, 5) is 26.0. The Morgan fingerprint density at radius 2 is 1.76 bits per heavy atom. The lowest BCUT2D eigenvalue weighted by Crippen LogP contribution is -2.35. The van der Waals surface area contributed by atoms with Gasteiger partial charge in [-0.15, -0.1) is 0 Å². The molecule has 3 rings (SSSR count). The summed E-state index contributed by atoms with van der Waals surface area (Å²) < 4.78 is 6.75. The molecular formula is C19H23N3O3. The zero-order valence-corrected chi connectivity index (χ0v) is 14.2. The van der Waals surface area contributed by atoms with E-state index in [1.165, 1.54) is 16.2 Å². The highest BCUT2D eigenvalue weighted by molar-refractivity contribution is 5.75. The fourth-order valence-corrected chi connectivity index (χ4v) is 2.78. The summed E-state index contributed by atoms with van der Waals surface area (Å²) in [7, 11) is 0. The van der Waals surface area contributed by atoms with E-state index in [0.717, 1.165) is 38.4 Å². The van der Waals surface area contributed by atoms with E-state index in [1.54, 1.807) is 18.3 Å². The molecule has 132 valence electrons. The largest absolute Gasteiger partial charge is 0.379 e. The summed E-state index contributed by atoms with van der Waals surface area (Å²) in [5, 5.41) is 2.85. The van der Waals surface area contributed by atoms with Crippen molar-refractivity contribution in [2.45, 2.75) is 19.6 Å². The van der Waals surface area contributed by atoms with Crippen molar-refractivity contribution in [1.29, 1.82) is 0 Å². The SMILES string of the molecule is O=C(Cn1ccccc1=O)NCc1ccc(CN2CCOCC2)cc1. The number of benzene rings is 1. The van der Waals surface area contributed by atoms with Crippen LogP contribution in [0.4, 0.5) is 0 Å². The van der Waals surface area contributed by atoms with Gasteiger partial charge in [-0.3, -0.25) is 14.5 Å². The average Bonchev–Trinajstić information content (AvgIpc) is 2.64. The number of nitrogens with zero attached hydrogens (tertiary/aromatic N) is 2. The maximum atomic E-state index is 12.0. The standard InChI is InChI=1S/C19H23N3O3/c23-18(15-22-8-2-1-3-19(22)24)20-13-16-4-6-17(7-5-16)14-21-9-11-25-12-10-21/h1-8H,9-15H2,(H,20,23). The van der Waals surface area contributed by atoms with E-state index >= 15 is 0 Å². The molecule has 1 N–H and O–H groups in total. The van der Waals surface area contributed by atoms with Crippen LogP contribution in [0.1, 0.15) is 11.1 Å². The summed E-state index contributed by atoms with van der Waals surface area (Å²) in [6, 6.07) is 13.1. The van der Waals surface area contributed by atoms with Crippen molar-refractivity contribution in [3.05, 3.63) is 70.1 Å². The zero-order chi connectivity index (χ0) is 17.5. The Hall–Kier alpha value is -2.44. The summed E-state index contributed by atoms with van der Waals surface area (Å²) >= 11 is 0. The minimum Gasteiger partial charge on any atom is -0.379 e. The first-order valence-electron chi connectivity index (χ1n) is 8.51. The van der Waals surface area contributed by atoms with Gasteiger partial charge in [-0.1, -0.05) is 30.3 Å². The van der Waals surface area contributed by atoms with Gasteiger partial charge >= 0.3 is 0 Å². The molecule has 0 atom stereocenters. The van der Waals surface area contributed by atoms with Crippen LogP contribution in [0.3, 0.4) is 0 Å². The van der Waals surface area contributed by atoms with E-state index in [9.17, 15) is 9.59 Å². The van der Waals surface area contributed by atoms with Crippen molar-refractivity contribution in [1.82, 2.24) is 14.8 Å². The first kappa shape index (κ1) is 17.4. The molecule has 0 radical (unpaired) electrons. The van der Waals surface area contributed by atoms with Gasteiger partial charge in [-0.25, -0.2) is 0 Å². The fraction of sp³-hybridized carbons (Fsp3) is 0.368. The van der Waals surface area contributed by atoms with E-state index in [4.69, 9.17) is 4.74 Å². The number of carbonyl (C=O) groups is 1. The fourth-order valence-electron chi connectivity index (χ4n) is 2.78. The average molecular weight is 341 g/mol. The molecular weight excluding hydrogens is 318 g/mol. The summed E-state index contributed by atoms with van der Waals surface area (Å²) in [5.41, 5.74) is 2.12. The second-order valence-electron chi connectivity index (χ2n) is 6.15. The number of nitrogens with one attached hydrogen (secondary N) is 1. The van der Waals surface area contributed by atoms with Gasteiger partial charge in [0.25, 0.3) is 5.56 Å². The van der Waals surface area contributed by atoms with Crippen LogP contribution in [0.2, 0.25) is 0 Å². The third-order valence-corrected chi connectivity index (χ3v) is 4.24. The van der Waals surface area contributed by atoms with Crippen molar-refractivity contribution in [3.63, 3.8) is 0 Å². The number of morpholine rings is 1. The van der Waals surface area contributed by atoms with E-state index in [1.807, 2.05) is 12.1 Å². The molecule has 1 amide bonds. The Kier molecular flexibility index (Phi) is 5.98. The number of hydrogen-bond donors (Lipinski definition) is 1. The maximum absolute atomic E-state index is 12.0. The molecule has 1 aromatic carbocycles. The Labute approximate surface area is 147 Å². The van der Waals surface area contributed by atoms with Crippen molar-refractivity contribution < 1.29 is 9.53 Å². The Balaban J connectivity index is 1.47. The molecule has 6 nitrogen and oxygen atoms in total. The third kappa shape index (κ3) is 5.27. The first-order chi connectivity index (χ1) is 12.2. The van der Waals surface area contributed by atoms with Gasteiger partial charge in [0, 0.05) is 38.4 Å². The Morgan fingerprint density at radius 3 is 2.48 bits per heavy atom. The van der Waals surface area contributed by atoms with Crippen molar-refractivity contribution in [2.24, 2.45) is 0 Å². The third-order valence-electron chi connectivity index (χ3n) is 4.24. The van der Waals surface area contributed by atoms with Crippen LogP contribution >= 0.6 is 0 Å². The van der Waals surface area contributed by atoms with Gasteiger partial charge in [0.1, 0.15) is 6.54 Å². The molecule has 25 heavy (non-hydrogen) atoms. The molecule has 0 aliphatic carbocycles. The highest BCUT2D eigenvalue weighted by atomic mass is 16.5. The van der Waals surface area contributed by atoms with Crippen LogP contribution in [0, 0.1) is 0 Å². The normalized spacial score (nSPS) is 15.0. The zero-order valence-electron chi connectivity index (χ0n) is 14.2. The summed E-state index contributed by atoms with van der Waals surface area (Å²) in [5.74, 6) is -0.175.